The maximum Gasteiger partial charge on any atom is 0.256 e. The minimum absolute atomic E-state index is 0.0180. The van der Waals surface area contributed by atoms with Crippen molar-refractivity contribution in [3.8, 4) is 11.5 Å². The molecular formula is C24H24N2O3. The predicted octanol–water partition coefficient (Wildman–Crippen LogP) is 4.65. The summed E-state index contributed by atoms with van der Waals surface area (Å²) in [7, 11) is 3.26. The van der Waals surface area contributed by atoms with Crippen LogP contribution in [0.25, 0.3) is 0 Å². The number of hydrogen-bond donors (Lipinski definition) is 1. The number of nitrogens with one attached hydrogen (secondary N) is 1. The molecule has 0 saturated carbocycles. The van der Waals surface area contributed by atoms with Gasteiger partial charge in [0.25, 0.3) is 5.91 Å². The summed E-state index contributed by atoms with van der Waals surface area (Å²) in [6, 6.07) is 21.5. The molecule has 0 radical (unpaired) electrons. The van der Waals surface area contributed by atoms with Crippen LogP contribution in [-0.2, 0) is 13.0 Å². The first kappa shape index (κ1) is 18.9. The van der Waals surface area contributed by atoms with E-state index in [1.807, 2.05) is 71.6 Å². The lowest BCUT2D eigenvalue weighted by Gasteiger charge is -2.30. The third-order valence-corrected chi connectivity index (χ3v) is 5.22. The molecule has 0 aromatic heterocycles. The van der Waals surface area contributed by atoms with Gasteiger partial charge in [0.15, 0.2) is 11.5 Å². The zero-order valence-corrected chi connectivity index (χ0v) is 16.6. The number of hydrogen-bond acceptors (Lipinski definition) is 4. The first-order chi connectivity index (χ1) is 14.2. The van der Waals surface area contributed by atoms with Crippen molar-refractivity contribution in [3.63, 3.8) is 0 Å². The second-order valence-corrected chi connectivity index (χ2v) is 6.99. The van der Waals surface area contributed by atoms with Crippen LogP contribution in [-0.4, -0.2) is 31.6 Å². The summed E-state index contributed by atoms with van der Waals surface area (Å²) in [4.78, 5) is 15.2. The lowest BCUT2D eigenvalue weighted by atomic mass is 9.98. The van der Waals surface area contributed by atoms with Gasteiger partial charge in [0, 0.05) is 18.8 Å². The fraction of sp³-hybridized carbons (Fsp3) is 0.208. The van der Waals surface area contributed by atoms with Crippen molar-refractivity contribution in [2.45, 2.75) is 13.0 Å². The molecule has 0 spiro atoms. The molecule has 29 heavy (non-hydrogen) atoms. The third-order valence-electron chi connectivity index (χ3n) is 5.22. The van der Waals surface area contributed by atoms with Gasteiger partial charge in [-0.05, 0) is 53.9 Å². The average Bonchev–Trinajstić information content (AvgIpc) is 2.78. The van der Waals surface area contributed by atoms with Crippen LogP contribution in [0.4, 0.5) is 11.4 Å². The molecular weight excluding hydrogens is 364 g/mol. The van der Waals surface area contributed by atoms with Crippen LogP contribution in [0.1, 0.15) is 21.5 Å². The van der Waals surface area contributed by atoms with E-state index in [-0.39, 0.29) is 5.91 Å². The summed E-state index contributed by atoms with van der Waals surface area (Å²) in [5.74, 6) is 1.43. The van der Waals surface area contributed by atoms with Gasteiger partial charge >= 0.3 is 0 Å². The summed E-state index contributed by atoms with van der Waals surface area (Å²) in [5.41, 5.74) is 4.72. The van der Waals surface area contributed by atoms with E-state index >= 15 is 0 Å². The molecule has 3 aromatic carbocycles. The van der Waals surface area contributed by atoms with Crippen LogP contribution in [0.15, 0.2) is 66.7 Å². The van der Waals surface area contributed by atoms with Gasteiger partial charge < -0.3 is 19.7 Å². The Balaban J connectivity index is 1.59. The van der Waals surface area contributed by atoms with E-state index in [1.54, 1.807) is 14.2 Å². The molecule has 1 N–H and O–H groups in total. The Hall–Kier alpha value is -3.47. The number of carbonyl (C=O) groups is 1. The van der Waals surface area contributed by atoms with Gasteiger partial charge in [-0.25, -0.2) is 0 Å². The monoisotopic (exact) mass is 388 g/mol. The van der Waals surface area contributed by atoms with E-state index in [9.17, 15) is 4.79 Å². The normalized spacial score (nSPS) is 12.8. The molecule has 0 fully saturated rings. The van der Waals surface area contributed by atoms with Crippen molar-refractivity contribution in [1.82, 2.24) is 4.90 Å². The molecule has 5 nitrogen and oxygen atoms in total. The molecule has 1 amide bonds. The van der Waals surface area contributed by atoms with Crippen LogP contribution < -0.4 is 14.8 Å². The largest absolute Gasteiger partial charge is 0.493 e. The summed E-state index contributed by atoms with van der Waals surface area (Å²) < 4.78 is 10.8. The topological polar surface area (TPSA) is 50.8 Å². The van der Waals surface area contributed by atoms with Gasteiger partial charge in [-0.2, -0.15) is 0 Å². The second kappa shape index (κ2) is 8.27. The van der Waals surface area contributed by atoms with Crippen molar-refractivity contribution in [2.75, 3.05) is 26.1 Å². The molecule has 0 bridgehead atoms. The fourth-order valence-corrected chi connectivity index (χ4v) is 3.68. The number of fused-ring (bicyclic) bond motifs is 1. The first-order valence-corrected chi connectivity index (χ1v) is 9.63. The highest BCUT2D eigenvalue weighted by Gasteiger charge is 2.25. The van der Waals surface area contributed by atoms with E-state index < -0.39 is 0 Å². The van der Waals surface area contributed by atoms with Crippen LogP contribution in [0, 0.1) is 0 Å². The van der Waals surface area contributed by atoms with E-state index in [0.717, 1.165) is 29.1 Å². The Kier molecular flexibility index (Phi) is 5.38. The molecule has 1 aliphatic heterocycles. The van der Waals surface area contributed by atoms with Gasteiger partial charge in [0.1, 0.15) is 0 Å². The molecule has 1 aliphatic rings. The van der Waals surface area contributed by atoms with Crippen LogP contribution >= 0.6 is 0 Å². The van der Waals surface area contributed by atoms with Gasteiger partial charge in [-0.15, -0.1) is 0 Å². The number of methoxy groups -OCH3 is 2. The Morgan fingerprint density at radius 2 is 1.55 bits per heavy atom. The molecule has 4 rings (SSSR count). The first-order valence-electron chi connectivity index (χ1n) is 9.63. The van der Waals surface area contributed by atoms with Crippen LogP contribution in [0.5, 0.6) is 11.5 Å². The van der Waals surface area contributed by atoms with Crippen molar-refractivity contribution in [2.24, 2.45) is 0 Å². The highest BCUT2D eigenvalue weighted by atomic mass is 16.5. The smallest absolute Gasteiger partial charge is 0.256 e. The highest BCUT2D eigenvalue weighted by Crippen LogP contribution is 2.34. The maximum atomic E-state index is 13.3. The summed E-state index contributed by atoms with van der Waals surface area (Å²) >= 11 is 0. The van der Waals surface area contributed by atoms with Gasteiger partial charge in [-0.1, -0.05) is 30.3 Å². The van der Waals surface area contributed by atoms with E-state index in [2.05, 4.69) is 5.32 Å². The van der Waals surface area contributed by atoms with Gasteiger partial charge in [0.2, 0.25) is 0 Å². The number of anilines is 2. The van der Waals surface area contributed by atoms with Crippen molar-refractivity contribution >= 4 is 17.3 Å². The molecule has 5 heteroatoms. The zero-order valence-electron chi connectivity index (χ0n) is 16.6. The predicted molar refractivity (Wildman–Crippen MR) is 114 cm³/mol. The van der Waals surface area contributed by atoms with E-state index in [1.165, 1.54) is 5.56 Å². The number of carbonyl (C=O) groups excluding carboxylic acids is 1. The van der Waals surface area contributed by atoms with E-state index in [0.29, 0.717) is 24.4 Å². The highest BCUT2D eigenvalue weighted by molar-refractivity contribution is 6.00. The third kappa shape index (κ3) is 3.90. The molecule has 1 heterocycles. The Morgan fingerprint density at radius 1 is 0.897 bits per heavy atom. The number of ether oxygens (including phenoxy) is 2. The lowest BCUT2D eigenvalue weighted by molar-refractivity contribution is 0.0735. The maximum absolute atomic E-state index is 13.3. The molecule has 0 saturated heterocycles. The molecule has 0 atom stereocenters. The van der Waals surface area contributed by atoms with Gasteiger partial charge in [-0.3, -0.25) is 4.79 Å². The van der Waals surface area contributed by atoms with Crippen molar-refractivity contribution < 1.29 is 14.3 Å². The molecule has 148 valence electrons. The number of benzene rings is 3. The summed E-state index contributed by atoms with van der Waals surface area (Å²) in [6.45, 7) is 1.22. The summed E-state index contributed by atoms with van der Waals surface area (Å²) in [5, 5.41) is 3.36. The number of nitrogens with zero attached hydrogens (tertiary/aromatic N) is 1. The Labute approximate surface area is 170 Å². The van der Waals surface area contributed by atoms with E-state index in [4.69, 9.17) is 9.47 Å². The SMILES string of the molecule is COc1cc2c(cc1OC)CN(C(=O)c1ccccc1Nc1ccccc1)CC2. The van der Waals surface area contributed by atoms with Crippen LogP contribution in [0.2, 0.25) is 0 Å². The second-order valence-electron chi connectivity index (χ2n) is 6.99. The lowest BCUT2D eigenvalue weighted by Crippen LogP contribution is -2.36. The molecule has 0 unspecified atom stereocenters. The van der Waals surface area contributed by atoms with Crippen molar-refractivity contribution in [1.29, 1.82) is 0 Å². The van der Waals surface area contributed by atoms with Crippen LogP contribution in [0.3, 0.4) is 0 Å². The molecule has 0 aliphatic carbocycles. The standard InChI is InChI=1S/C24H24N2O3/c1-28-22-14-17-12-13-26(16-18(17)15-23(22)29-2)24(27)20-10-6-7-11-21(20)25-19-8-4-3-5-9-19/h3-11,14-15,25H,12-13,16H2,1-2H3. The number of para-hydroxylation sites is 2. The minimum atomic E-state index is 0.0180. The average molecular weight is 388 g/mol. The molecule has 3 aromatic rings. The van der Waals surface area contributed by atoms with Gasteiger partial charge in [0.05, 0.1) is 25.5 Å². The minimum Gasteiger partial charge on any atom is -0.493 e. The Bertz CT molecular complexity index is 1020. The fourth-order valence-electron chi connectivity index (χ4n) is 3.68. The number of rotatable bonds is 5. The quantitative estimate of drug-likeness (QED) is 0.691. The number of amides is 1. The zero-order chi connectivity index (χ0) is 20.2. The summed E-state index contributed by atoms with van der Waals surface area (Å²) in [6.07, 6.45) is 0.787. The Morgan fingerprint density at radius 3 is 2.28 bits per heavy atom. The van der Waals surface area contributed by atoms with Crippen molar-refractivity contribution in [3.05, 3.63) is 83.4 Å².